The molecule has 0 saturated carbocycles. The van der Waals surface area contributed by atoms with E-state index in [0.29, 0.717) is 16.2 Å². The van der Waals surface area contributed by atoms with Crippen LogP contribution in [0.1, 0.15) is 24.1 Å². The molecule has 1 amide bonds. The molecule has 1 heterocycles. The summed E-state index contributed by atoms with van der Waals surface area (Å²) in [4.78, 5) is 23.9. The fraction of sp³-hybridized carbons (Fsp3) is 0.294. The second-order valence-electron chi connectivity index (χ2n) is 5.54. The molecule has 2 rings (SSSR count). The molecule has 9 heteroatoms. The lowest BCUT2D eigenvalue weighted by Crippen LogP contribution is -2.35. The molecule has 1 N–H and O–H groups in total. The van der Waals surface area contributed by atoms with Gasteiger partial charge in [-0.05, 0) is 36.8 Å². The van der Waals surface area contributed by atoms with Crippen molar-refractivity contribution in [2.75, 3.05) is 7.11 Å². The molecule has 0 aliphatic heterocycles. The largest absolute Gasteiger partial charge is 0.494 e. The first-order chi connectivity index (χ1) is 12.1. The highest BCUT2D eigenvalue weighted by Crippen LogP contribution is 2.26. The van der Waals surface area contributed by atoms with Crippen molar-refractivity contribution in [1.82, 2.24) is 9.88 Å². The van der Waals surface area contributed by atoms with Crippen LogP contribution < -0.4 is 15.6 Å². The van der Waals surface area contributed by atoms with Crippen molar-refractivity contribution in [3.8, 4) is 5.75 Å². The van der Waals surface area contributed by atoms with Crippen LogP contribution in [0.4, 0.5) is 17.6 Å². The van der Waals surface area contributed by atoms with E-state index in [4.69, 9.17) is 4.74 Å². The Kier molecular flexibility index (Phi) is 5.69. The van der Waals surface area contributed by atoms with E-state index in [1.807, 2.05) is 0 Å². The number of pyridine rings is 1. The van der Waals surface area contributed by atoms with Crippen LogP contribution >= 0.6 is 0 Å². The Balaban J connectivity index is 2.12. The second-order valence-corrected chi connectivity index (χ2v) is 5.54. The first kappa shape index (κ1) is 19.5. The maximum atomic E-state index is 13.7. The number of nitrogens with zero attached hydrogens (tertiary/aromatic N) is 1. The van der Waals surface area contributed by atoms with E-state index in [9.17, 15) is 27.2 Å². The molecule has 0 spiro atoms. The molecule has 0 unspecified atom stereocenters. The fourth-order valence-corrected chi connectivity index (χ4v) is 2.35. The van der Waals surface area contributed by atoms with Gasteiger partial charge in [-0.2, -0.15) is 13.2 Å². The Hall–Kier alpha value is -2.84. The lowest BCUT2D eigenvalue weighted by atomic mass is 10.1. The number of carbonyl (C=O) groups excluding carboxylic acids is 1. The summed E-state index contributed by atoms with van der Waals surface area (Å²) in [5, 5.41) is 2.51. The second kappa shape index (κ2) is 7.59. The summed E-state index contributed by atoms with van der Waals surface area (Å²) < 4.78 is 57.4. The molecular weight excluding hydrogens is 356 g/mol. The fourth-order valence-electron chi connectivity index (χ4n) is 2.35. The normalized spacial score (nSPS) is 12.5. The van der Waals surface area contributed by atoms with Crippen LogP contribution in [-0.4, -0.2) is 17.6 Å². The topological polar surface area (TPSA) is 60.3 Å². The quantitative estimate of drug-likeness (QED) is 0.821. The lowest BCUT2D eigenvalue weighted by molar-refractivity contribution is -0.139. The summed E-state index contributed by atoms with van der Waals surface area (Å²) in [6.45, 7) is 0.986. The molecule has 0 bridgehead atoms. The number of halogens is 4. The number of hydrogen-bond donors (Lipinski definition) is 1. The summed E-state index contributed by atoms with van der Waals surface area (Å²) in [5.41, 5.74) is -2.22. The van der Waals surface area contributed by atoms with E-state index >= 15 is 0 Å². The minimum absolute atomic E-state index is 0.0443. The Morgan fingerprint density at radius 3 is 2.58 bits per heavy atom. The standard InChI is InChI=1S/C17H16F4N2O3/c1-10(11-5-6-14(26-2)13(18)8-11)22-15(24)9-23-7-3-4-12(16(23)25)17(19,20)21/h3-8,10H,9H2,1-2H3,(H,22,24)/t10-/m1/s1. The van der Waals surface area contributed by atoms with Crippen molar-refractivity contribution in [2.45, 2.75) is 25.7 Å². The van der Waals surface area contributed by atoms with Gasteiger partial charge in [0, 0.05) is 6.20 Å². The van der Waals surface area contributed by atoms with Gasteiger partial charge < -0.3 is 14.6 Å². The minimum atomic E-state index is -4.80. The average Bonchev–Trinajstić information content (AvgIpc) is 2.55. The Labute approximate surface area is 146 Å². The molecule has 1 aromatic heterocycles. The van der Waals surface area contributed by atoms with E-state index < -0.39 is 41.6 Å². The molecule has 1 aromatic carbocycles. The van der Waals surface area contributed by atoms with Gasteiger partial charge in [0.25, 0.3) is 5.56 Å². The van der Waals surface area contributed by atoms with Gasteiger partial charge in [-0.1, -0.05) is 6.07 Å². The van der Waals surface area contributed by atoms with Gasteiger partial charge in [0.15, 0.2) is 11.6 Å². The van der Waals surface area contributed by atoms with Crippen LogP contribution in [0.15, 0.2) is 41.3 Å². The zero-order valence-corrected chi connectivity index (χ0v) is 13.9. The van der Waals surface area contributed by atoms with E-state index in [0.717, 1.165) is 12.3 Å². The van der Waals surface area contributed by atoms with Crippen LogP contribution in [0, 0.1) is 5.82 Å². The van der Waals surface area contributed by atoms with Crippen LogP contribution in [-0.2, 0) is 17.5 Å². The molecule has 0 saturated heterocycles. The minimum Gasteiger partial charge on any atom is -0.494 e. The zero-order chi connectivity index (χ0) is 19.5. The van der Waals surface area contributed by atoms with Gasteiger partial charge in [-0.25, -0.2) is 4.39 Å². The molecule has 0 fully saturated rings. The maximum Gasteiger partial charge on any atom is 0.421 e. The van der Waals surface area contributed by atoms with Gasteiger partial charge in [0.1, 0.15) is 12.1 Å². The summed E-state index contributed by atoms with van der Waals surface area (Å²) >= 11 is 0. The SMILES string of the molecule is COc1ccc([C@@H](C)NC(=O)Cn2cccc(C(F)(F)F)c2=O)cc1F. The number of aromatic nitrogens is 1. The Morgan fingerprint density at radius 1 is 1.31 bits per heavy atom. The first-order valence-electron chi connectivity index (χ1n) is 7.53. The highest BCUT2D eigenvalue weighted by atomic mass is 19.4. The molecule has 1 atom stereocenters. The van der Waals surface area contributed by atoms with Crippen LogP contribution in [0.5, 0.6) is 5.75 Å². The molecule has 0 aliphatic carbocycles. The van der Waals surface area contributed by atoms with Crippen molar-refractivity contribution in [3.63, 3.8) is 0 Å². The molecular formula is C17H16F4N2O3. The number of carbonyl (C=O) groups is 1. The Bertz CT molecular complexity index is 862. The number of benzene rings is 1. The van der Waals surface area contributed by atoms with Gasteiger partial charge in [-0.15, -0.1) is 0 Å². The third-order valence-corrected chi connectivity index (χ3v) is 3.69. The van der Waals surface area contributed by atoms with Crippen molar-refractivity contribution in [2.24, 2.45) is 0 Å². The van der Waals surface area contributed by atoms with Gasteiger partial charge >= 0.3 is 6.18 Å². The van der Waals surface area contributed by atoms with Crippen LogP contribution in [0.25, 0.3) is 0 Å². The number of hydrogen-bond acceptors (Lipinski definition) is 3. The van der Waals surface area contributed by atoms with Gasteiger partial charge in [0.05, 0.1) is 13.2 Å². The van der Waals surface area contributed by atoms with Gasteiger partial charge in [-0.3, -0.25) is 9.59 Å². The van der Waals surface area contributed by atoms with E-state index in [1.165, 1.54) is 19.2 Å². The molecule has 26 heavy (non-hydrogen) atoms. The first-order valence-corrected chi connectivity index (χ1v) is 7.53. The number of ether oxygens (including phenoxy) is 1. The van der Waals surface area contributed by atoms with Crippen molar-refractivity contribution >= 4 is 5.91 Å². The van der Waals surface area contributed by atoms with Crippen LogP contribution in [0.3, 0.4) is 0 Å². The highest BCUT2D eigenvalue weighted by molar-refractivity contribution is 5.76. The number of amides is 1. The lowest BCUT2D eigenvalue weighted by Gasteiger charge is -2.16. The van der Waals surface area contributed by atoms with Crippen molar-refractivity contribution in [3.05, 3.63) is 63.8 Å². The van der Waals surface area contributed by atoms with E-state index in [2.05, 4.69) is 5.32 Å². The molecule has 5 nitrogen and oxygen atoms in total. The predicted octanol–water partition coefficient (Wildman–Crippen LogP) is 2.89. The zero-order valence-electron chi connectivity index (χ0n) is 13.9. The maximum absolute atomic E-state index is 13.7. The molecule has 0 aliphatic rings. The third-order valence-electron chi connectivity index (χ3n) is 3.69. The Morgan fingerprint density at radius 2 is 2.00 bits per heavy atom. The summed E-state index contributed by atoms with van der Waals surface area (Å²) in [6.07, 6.45) is -3.71. The summed E-state index contributed by atoms with van der Waals surface area (Å²) in [5.74, 6) is -1.25. The molecule has 2 aromatic rings. The van der Waals surface area contributed by atoms with Gasteiger partial charge in [0.2, 0.25) is 5.91 Å². The van der Waals surface area contributed by atoms with E-state index in [-0.39, 0.29) is 5.75 Å². The summed E-state index contributed by atoms with van der Waals surface area (Å²) in [6, 6.07) is 5.19. The number of nitrogens with one attached hydrogen (secondary N) is 1. The monoisotopic (exact) mass is 372 g/mol. The number of methoxy groups -OCH3 is 1. The third kappa shape index (κ3) is 4.41. The number of rotatable bonds is 5. The molecule has 140 valence electrons. The van der Waals surface area contributed by atoms with Crippen LogP contribution in [0.2, 0.25) is 0 Å². The smallest absolute Gasteiger partial charge is 0.421 e. The summed E-state index contributed by atoms with van der Waals surface area (Å²) in [7, 11) is 1.32. The number of alkyl halides is 3. The predicted molar refractivity (Wildman–Crippen MR) is 85.2 cm³/mol. The van der Waals surface area contributed by atoms with Crippen molar-refractivity contribution in [1.29, 1.82) is 0 Å². The van der Waals surface area contributed by atoms with E-state index in [1.54, 1.807) is 13.0 Å². The average molecular weight is 372 g/mol. The highest BCUT2D eigenvalue weighted by Gasteiger charge is 2.34. The molecule has 0 radical (unpaired) electrons. The van der Waals surface area contributed by atoms with Crippen molar-refractivity contribution < 1.29 is 27.1 Å².